The maximum atomic E-state index is 12.7. The summed E-state index contributed by atoms with van der Waals surface area (Å²) in [5.74, 6) is 1.23. The van der Waals surface area contributed by atoms with Crippen molar-refractivity contribution < 1.29 is 4.79 Å². The Bertz CT molecular complexity index is 778. The van der Waals surface area contributed by atoms with Crippen molar-refractivity contribution in [1.82, 2.24) is 9.97 Å². The quantitative estimate of drug-likeness (QED) is 0.708. The summed E-state index contributed by atoms with van der Waals surface area (Å²) < 4.78 is 0. The predicted octanol–water partition coefficient (Wildman–Crippen LogP) is 4.59. The lowest BCUT2D eigenvalue weighted by molar-refractivity contribution is 0.102. The highest BCUT2D eigenvalue weighted by molar-refractivity contribution is 6.03. The van der Waals surface area contributed by atoms with Crippen molar-refractivity contribution in [3.05, 3.63) is 42.2 Å². The van der Waals surface area contributed by atoms with Crippen molar-refractivity contribution in [2.24, 2.45) is 5.92 Å². The van der Waals surface area contributed by atoms with Crippen molar-refractivity contribution in [3.8, 4) is 0 Å². The number of benzene rings is 1. The summed E-state index contributed by atoms with van der Waals surface area (Å²) in [6.45, 7) is 10.6. The van der Waals surface area contributed by atoms with Crippen LogP contribution >= 0.6 is 0 Å². The molecule has 0 radical (unpaired) electrons. The van der Waals surface area contributed by atoms with Crippen LogP contribution in [0.1, 0.15) is 56.9 Å². The van der Waals surface area contributed by atoms with Crippen LogP contribution in [0, 0.1) is 5.92 Å². The number of nitrogens with zero attached hydrogens (tertiary/aromatic N) is 4. The zero-order chi connectivity index (χ0) is 20.6. The van der Waals surface area contributed by atoms with Crippen LogP contribution in [0.2, 0.25) is 0 Å². The lowest BCUT2D eigenvalue weighted by Gasteiger charge is -2.32. The molecular formula is C23H33N5O. The van der Waals surface area contributed by atoms with Crippen molar-refractivity contribution in [2.45, 2.75) is 46.5 Å². The highest BCUT2D eigenvalue weighted by Crippen LogP contribution is 2.24. The summed E-state index contributed by atoms with van der Waals surface area (Å²) in [5, 5.41) is 2.96. The highest BCUT2D eigenvalue weighted by atomic mass is 16.1. The summed E-state index contributed by atoms with van der Waals surface area (Å²) in [7, 11) is 0. The van der Waals surface area contributed by atoms with Crippen LogP contribution in [0.15, 0.2) is 36.5 Å². The molecule has 3 rings (SSSR count). The first-order valence-corrected chi connectivity index (χ1v) is 10.8. The van der Waals surface area contributed by atoms with Crippen LogP contribution < -0.4 is 15.1 Å². The van der Waals surface area contributed by atoms with Crippen LogP contribution in [-0.2, 0) is 0 Å². The van der Waals surface area contributed by atoms with Gasteiger partial charge < -0.3 is 15.1 Å². The van der Waals surface area contributed by atoms with Crippen LogP contribution in [0.3, 0.4) is 0 Å². The summed E-state index contributed by atoms with van der Waals surface area (Å²) >= 11 is 0. The zero-order valence-electron chi connectivity index (χ0n) is 17.9. The second-order valence-corrected chi connectivity index (χ2v) is 7.90. The Morgan fingerprint density at radius 1 is 1.10 bits per heavy atom. The molecule has 6 heteroatoms. The van der Waals surface area contributed by atoms with E-state index in [0.29, 0.717) is 11.6 Å². The molecule has 1 N–H and O–H groups in total. The molecule has 0 atom stereocenters. The Morgan fingerprint density at radius 2 is 1.76 bits per heavy atom. The molecule has 1 aliphatic rings. The molecule has 1 fully saturated rings. The molecule has 1 saturated heterocycles. The van der Waals surface area contributed by atoms with Gasteiger partial charge in [0.1, 0.15) is 5.69 Å². The Labute approximate surface area is 174 Å². The van der Waals surface area contributed by atoms with E-state index in [-0.39, 0.29) is 5.91 Å². The Kier molecular flexibility index (Phi) is 7.44. The number of amides is 1. The average molecular weight is 396 g/mol. The van der Waals surface area contributed by atoms with Gasteiger partial charge in [-0.2, -0.15) is 0 Å². The second-order valence-electron chi connectivity index (χ2n) is 7.90. The molecule has 1 aliphatic heterocycles. The normalized spacial score (nSPS) is 14.7. The minimum absolute atomic E-state index is 0.207. The van der Waals surface area contributed by atoms with E-state index in [9.17, 15) is 4.79 Å². The molecule has 0 saturated carbocycles. The average Bonchev–Trinajstić information content (AvgIpc) is 2.75. The fraction of sp³-hybridized carbons (Fsp3) is 0.522. The van der Waals surface area contributed by atoms with Gasteiger partial charge in [-0.25, -0.2) is 9.97 Å². The van der Waals surface area contributed by atoms with Gasteiger partial charge >= 0.3 is 0 Å². The van der Waals surface area contributed by atoms with Gasteiger partial charge in [0.2, 0.25) is 5.95 Å². The van der Waals surface area contributed by atoms with E-state index in [1.54, 1.807) is 12.3 Å². The van der Waals surface area contributed by atoms with Gasteiger partial charge in [-0.3, -0.25) is 4.79 Å². The standard InChI is InChI=1S/C23H33N5O/c1-4-14-28(15-5-2)23-24-13-10-21(26-23)22(29)25-19-6-8-20(9-7-19)27-16-11-18(3)12-17-27/h6-10,13,18H,4-5,11-12,14-17H2,1-3H3,(H,25,29). The van der Waals surface area contributed by atoms with E-state index in [2.05, 4.69) is 58.0 Å². The molecule has 0 spiro atoms. The molecule has 1 aromatic carbocycles. The van der Waals surface area contributed by atoms with E-state index < -0.39 is 0 Å². The number of aromatic nitrogens is 2. The Hall–Kier alpha value is -2.63. The number of carbonyl (C=O) groups is 1. The predicted molar refractivity (Wildman–Crippen MR) is 120 cm³/mol. The topological polar surface area (TPSA) is 61.4 Å². The lowest BCUT2D eigenvalue weighted by atomic mass is 9.99. The minimum atomic E-state index is -0.207. The summed E-state index contributed by atoms with van der Waals surface area (Å²) in [6, 6.07) is 9.77. The largest absolute Gasteiger partial charge is 0.372 e. The fourth-order valence-electron chi connectivity index (χ4n) is 3.70. The van der Waals surface area contributed by atoms with Gasteiger partial charge in [0, 0.05) is 43.8 Å². The third-order valence-electron chi connectivity index (χ3n) is 5.42. The monoisotopic (exact) mass is 395 g/mol. The minimum Gasteiger partial charge on any atom is -0.372 e. The molecule has 2 aromatic rings. The fourth-order valence-corrected chi connectivity index (χ4v) is 3.70. The molecule has 1 aromatic heterocycles. The van der Waals surface area contributed by atoms with Gasteiger partial charge in [0.15, 0.2) is 0 Å². The molecule has 0 bridgehead atoms. The van der Waals surface area contributed by atoms with E-state index in [4.69, 9.17) is 0 Å². The first-order valence-electron chi connectivity index (χ1n) is 10.8. The van der Waals surface area contributed by atoms with E-state index in [1.165, 1.54) is 18.5 Å². The lowest BCUT2D eigenvalue weighted by Crippen LogP contribution is -2.32. The maximum Gasteiger partial charge on any atom is 0.274 e. The summed E-state index contributed by atoms with van der Waals surface area (Å²) in [4.78, 5) is 26.1. The van der Waals surface area contributed by atoms with E-state index in [0.717, 1.165) is 50.6 Å². The van der Waals surface area contributed by atoms with Gasteiger partial charge in [0.25, 0.3) is 5.91 Å². The molecule has 156 valence electrons. The number of carbonyl (C=O) groups excluding carboxylic acids is 1. The van der Waals surface area contributed by atoms with Gasteiger partial charge in [0.05, 0.1) is 0 Å². The van der Waals surface area contributed by atoms with Crippen LogP contribution in [0.4, 0.5) is 17.3 Å². The molecule has 29 heavy (non-hydrogen) atoms. The SMILES string of the molecule is CCCN(CCC)c1nccc(C(=O)Nc2ccc(N3CCC(C)CC3)cc2)n1. The van der Waals surface area contributed by atoms with Crippen LogP contribution in [0.25, 0.3) is 0 Å². The van der Waals surface area contributed by atoms with Crippen molar-refractivity contribution in [1.29, 1.82) is 0 Å². The second kappa shape index (κ2) is 10.2. The van der Waals surface area contributed by atoms with E-state index >= 15 is 0 Å². The van der Waals surface area contributed by atoms with Crippen molar-refractivity contribution >= 4 is 23.2 Å². The maximum absolute atomic E-state index is 12.7. The van der Waals surface area contributed by atoms with Crippen LogP contribution in [0.5, 0.6) is 0 Å². The molecule has 6 nitrogen and oxygen atoms in total. The zero-order valence-corrected chi connectivity index (χ0v) is 17.9. The van der Waals surface area contributed by atoms with Crippen LogP contribution in [-0.4, -0.2) is 42.1 Å². The summed E-state index contributed by atoms with van der Waals surface area (Å²) in [6.07, 6.45) is 6.17. The molecule has 2 heterocycles. The van der Waals surface area contributed by atoms with Crippen molar-refractivity contribution in [3.63, 3.8) is 0 Å². The first kappa shape index (κ1) is 21.1. The first-order chi connectivity index (χ1) is 14.1. The smallest absolute Gasteiger partial charge is 0.274 e. The summed E-state index contributed by atoms with van der Waals surface area (Å²) in [5.41, 5.74) is 2.39. The third kappa shape index (κ3) is 5.68. The number of hydrogen-bond donors (Lipinski definition) is 1. The molecule has 1 amide bonds. The third-order valence-corrected chi connectivity index (χ3v) is 5.42. The number of anilines is 3. The molecular weight excluding hydrogens is 362 g/mol. The van der Waals surface area contributed by atoms with E-state index in [1.807, 2.05) is 12.1 Å². The number of piperidine rings is 1. The Morgan fingerprint density at radius 3 is 2.38 bits per heavy atom. The molecule has 0 unspecified atom stereocenters. The van der Waals surface area contributed by atoms with Gasteiger partial charge in [-0.1, -0.05) is 20.8 Å². The Balaban J connectivity index is 1.64. The highest BCUT2D eigenvalue weighted by Gasteiger charge is 2.16. The molecule has 0 aliphatic carbocycles. The number of rotatable bonds is 8. The number of nitrogens with one attached hydrogen (secondary N) is 1. The van der Waals surface area contributed by atoms with Crippen molar-refractivity contribution in [2.75, 3.05) is 41.3 Å². The van der Waals surface area contributed by atoms with Gasteiger partial charge in [-0.05, 0) is 61.9 Å². The number of hydrogen-bond acceptors (Lipinski definition) is 5. The van der Waals surface area contributed by atoms with Gasteiger partial charge in [-0.15, -0.1) is 0 Å².